The van der Waals surface area contributed by atoms with Gasteiger partial charge < -0.3 is 10.1 Å². The Morgan fingerprint density at radius 1 is 1.47 bits per heavy atom. The third-order valence-corrected chi connectivity index (χ3v) is 5.16. The van der Waals surface area contributed by atoms with Crippen molar-refractivity contribution < 1.29 is 4.74 Å². The summed E-state index contributed by atoms with van der Waals surface area (Å²) in [6, 6.07) is 6.07. The van der Waals surface area contributed by atoms with Gasteiger partial charge in [0.05, 0.1) is 11.6 Å². The summed E-state index contributed by atoms with van der Waals surface area (Å²) >= 11 is 14.0. The Morgan fingerprint density at radius 2 is 2.32 bits per heavy atom. The molecule has 1 fully saturated rings. The maximum absolute atomic E-state index is 6.19. The zero-order valence-electron chi connectivity index (χ0n) is 11.0. The molecule has 1 N–H and O–H groups in total. The lowest BCUT2D eigenvalue weighted by Crippen LogP contribution is -2.38. The highest BCUT2D eigenvalue weighted by atomic mass is 35.5. The molecule has 0 amide bonds. The lowest BCUT2D eigenvalue weighted by molar-refractivity contribution is 0.179. The number of benzene rings is 1. The van der Waals surface area contributed by atoms with Gasteiger partial charge >= 0.3 is 0 Å². The molecule has 1 aliphatic rings. The number of hydrogen-bond donors (Lipinski definition) is 1. The maximum atomic E-state index is 6.19. The summed E-state index contributed by atoms with van der Waals surface area (Å²) in [6.07, 6.45) is 1.14. The Bertz CT molecular complexity index is 410. The third kappa shape index (κ3) is 4.54. The standard InChI is InChI=1S/C14H19Cl2NOS/c1-2-17-13(10-5-6-18-8-10)9-19-14-7-11(15)3-4-12(14)16/h3-4,7,10,13,17H,2,5-6,8-9H2,1H3. The maximum Gasteiger partial charge on any atom is 0.0542 e. The fourth-order valence-electron chi connectivity index (χ4n) is 2.26. The van der Waals surface area contributed by atoms with Crippen LogP contribution in [0.5, 0.6) is 0 Å². The van der Waals surface area contributed by atoms with Gasteiger partial charge in [0.15, 0.2) is 0 Å². The predicted molar refractivity (Wildman–Crippen MR) is 83.6 cm³/mol. The first kappa shape index (κ1) is 15.5. The topological polar surface area (TPSA) is 21.3 Å². The molecule has 0 saturated carbocycles. The number of hydrogen-bond acceptors (Lipinski definition) is 3. The van der Waals surface area contributed by atoms with E-state index in [4.69, 9.17) is 27.9 Å². The Balaban J connectivity index is 1.95. The average molecular weight is 320 g/mol. The summed E-state index contributed by atoms with van der Waals surface area (Å²) in [6.45, 7) is 4.86. The van der Waals surface area contributed by atoms with Crippen molar-refractivity contribution in [1.29, 1.82) is 0 Å². The van der Waals surface area contributed by atoms with Crippen LogP contribution in [0.2, 0.25) is 10.0 Å². The molecule has 2 atom stereocenters. The molecule has 2 rings (SSSR count). The monoisotopic (exact) mass is 319 g/mol. The Morgan fingerprint density at radius 3 is 3.00 bits per heavy atom. The minimum atomic E-state index is 0.465. The molecule has 1 saturated heterocycles. The molecule has 0 spiro atoms. The summed E-state index contributed by atoms with van der Waals surface area (Å²) in [5.74, 6) is 1.59. The molecule has 1 aromatic rings. The molecule has 0 aromatic heterocycles. The first-order valence-electron chi connectivity index (χ1n) is 6.59. The zero-order valence-corrected chi connectivity index (χ0v) is 13.3. The van der Waals surface area contributed by atoms with E-state index in [1.54, 1.807) is 11.8 Å². The molecule has 1 aliphatic heterocycles. The minimum Gasteiger partial charge on any atom is -0.381 e. The quantitative estimate of drug-likeness (QED) is 0.798. The van der Waals surface area contributed by atoms with Crippen molar-refractivity contribution in [3.05, 3.63) is 28.2 Å². The second-order valence-electron chi connectivity index (χ2n) is 4.67. The van der Waals surface area contributed by atoms with Crippen molar-refractivity contribution >= 4 is 35.0 Å². The molecule has 0 aliphatic carbocycles. The molecule has 19 heavy (non-hydrogen) atoms. The largest absolute Gasteiger partial charge is 0.381 e. The smallest absolute Gasteiger partial charge is 0.0542 e. The zero-order chi connectivity index (χ0) is 13.7. The minimum absolute atomic E-state index is 0.465. The van der Waals surface area contributed by atoms with Crippen LogP contribution >= 0.6 is 35.0 Å². The van der Waals surface area contributed by atoms with Crippen molar-refractivity contribution in [2.45, 2.75) is 24.3 Å². The fourth-order valence-corrected chi connectivity index (χ4v) is 3.94. The number of rotatable bonds is 6. The highest BCUT2D eigenvalue weighted by Gasteiger charge is 2.25. The van der Waals surface area contributed by atoms with E-state index in [1.807, 2.05) is 18.2 Å². The van der Waals surface area contributed by atoms with Crippen molar-refractivity contribution in [2.75, 3.05) is 25.5 Å². The van der Waals surface area contributed by atoms with Crippen molar-refractivity contribution in [3.63, 3.8) is 0 Å². The summed E-state index contributed by atoms with van der Waals surface area (Å²) < 4.78 is 5.48. The van der Waals surface area contributed by atoms with E-state index in [1.165, 1.54) is 0 Å². The van der Waals surface area contributed by atoms with Gasteiger partial charge in [0.25, 0.3) is 0 Å². The second-order valence-corrected chi connectivity index (χ2v) is 6.58. The van der Waals surface area contributed by atoms with Crippen molar-refractivity contribution in [2.24, 2.45) is 5.92 Å². The highest BCUT2D eigenvalue weighted by Crippen LogP contribution is 2.31. The van der Waals surface area contributed by atoms with Crippen LogP contribution in [0, 0.1) is 5.92 Å². The summed E-state index contributed by atoms with van der Waals surface area (Å²) in [4.78, 5) is 1.05. The number of ether oxygens (including phenoxy) is 1. The first-order valence-corrected chi connectivity index (χ1v) is 8.34. The van der Waals surface area contributed by atoms with Crippen LogP contribution in [-0.4, -0.2) is 31.6 Å². The van der Waals surface area contributed by atoms with E-state index < -0.39 is 0 Å². The van der Waals surface area contributed by atoms with Crippen LogP contribution < -0.4 is 5.32 Å². The van der Waals surface area contributed by atoms with Gasteiger partial charge in [-0.1, -0.05) is 30.1 Å². The van der Waals surface area contributed by atoms with Crippen LogP contribution in [-0.2, 0) is 4.74 Å². The average Bonchev–Trinajstić information content (AvgIpc) is 2.92. The van der Waals surface area contributed by atoms with Gasteiger partial charge in [-0.2, -0.15) is 0 Å². The fraction of sp³-hybridized carbons (Fsp3) is 0.571. The van der Waals surface area contributed by atoms with Gasteiger partial charge in [-0.05, 0) is 31.2 Å². The molecule has 5 heteroatoms. The molecular formula is C14H19Cl2NOS. The number of nitrogens with one attached hydrogen (secondary N) is 1. The van der Waals surface area contributed by atoms with Gasteiger partial charge in [0.2, 0.25) is 0 Å². The van der Waals surface area contributed by atoms with Crippen molar-refractivity contribution in [3.8, 4) is 0 Å². The predicted octanol–water partition coefficient (Wildman–Crippen LogP) is 4.10. The molecule has 1 heterocycles. The van der Waals surface area contributed by atoms with Gasteiger partial charge in [-0.15, -0.1) is 11.8 Å². The van der Waals surface area contributed by atoms with Crippen LogP contribution in [0.25, 0.3) is 0 Å². The van der Waals surface area contributed by atoms with Crippen LogP contribution in [0.15, 0.2) is 23.1 Å². The Hall–Kier alpha value is 0.0700. The molecule has 0 radical (unpaired) electrons. The van der Waals surface area contributed by atoms with Crippen LogP contribution in [0.4, 0.5) is 0 Å². The summed E-state index contributed by atoms with van der Waals surface area (Å²) in [5, 5.41) is 5.06. The lowest BCUT2D eigenvalue weighted by Gasteiger charge is -2.23. The van der Waals surface area contributed by atoms with E-state index >= 15 is 0 Å². The van der Waals surface area contributed by atoms with Crippen molar-refractivity contribution in [1.82, 2.24) is 5.32 Å². The van der Waals surface area contributed by atoms with Gasteiger partial charge in [-0.25, -0.2) is 0 Å². The van der Waals surface area contributed by atoms with Crippen LogP contribution in [0.1, 0.15) is 13.3 Å². The third-order valence-electron chi connectivity index (χ3n) is 3.31. The van der Waals surface area contributed by atoms with Gasteiger partial charge in [-0.3, -0.25) is 0 Å². The molecular weight excluding hydrogens is 301 g/mol. The normalized spacial score (nSPS) is 20.7. The molecule has 106 valence electrons. The lowest BCUT2D eigenvalue weighted by atomic mass is 10.0. The summed E-state index contributed by atoms with van der Waals surface area (Å²) in [5.41, 5.74) is 0. The number of thioether (sulfide) groups is 1. The Labute approximate surface area is 129 Å². The van der Waals surface area contributed by atoms with E-state index in [0.29, 0.717) is 12.0 Å². The highest BCUT2D eigenvalue weighted by molar-refractivity contribution is 7.99. The molecule has 2 unspecified atom stereocenters. The van der Waals surface area contributed by atoms with Gasteiger partial charge in [0, 0.05) is 34.2 Å². The number of halogens is 2. The van der Waals surface area contributed by atoms with E-state index in [0.717, 1.165) is 46.9 Å². The first-order chi connectivity index (χ1) is 9.20. The van der Waals surface area contributed by atoms with Gasteiger partial charge in [0.1, 0.15) is 0 Å². The van der Waals surface area contributed by atoms with E-state index in [-0.39, 0.29) is 0 Å². The van der Waals surface area contributed by atoms with Crippen LogP contribution in [0.3, 0.4) is 0 Å². The van der Waals surface area contributed by atoms with E-state index in [2.05, 4.69) is 12.2 Å². The summed E-state index contributed by atoms with van der Waals surface area (Å²) in [7, 11) is 0. The molecule has 0 bridgehead atoms. The molecule has 2 nitrogen and oxygen atoms in total. The Kier molecular flexibility index (Phi) is 6.30. The van der Waals surface area contributed by atoms with E-state index in [9.17, 15) is 0 Å². The second kappa shape index (κ2) is 7.75. The molecule has 1 aromatic carbocycles. The SMILES string of the molecule is CCNC(CSc1cc(Cl)ccc1Cl)C1CCOC1.